The molecule has 4 heteroatoms. The summed E-state index contributed by atoms with van der Waals surface area (Å²) in [6, 6.07) is 7.66. The molecule has 0 unspecified atom stereocenters. The van der Waals surface area contributed by atoms with Crippen LogP contribution in [0.1, 0.15) is 39.2 Å². The minimum absolute atomic E-state index is 0.0783. The summed E-state index contributed by atoms with van der Waals surface area (Å²) in [6.45, 7) is 6.81. The maximum absolute atomic E-state index is 9.32. The Kier molecular flexibility index (Phi) is 6.33. The van der Waals surface area contributed by atoms with Gasteiger partial charge in [-0.05, 0) is 38.8 Å². The molecule has 0 radical (unpaired) electrons. The molecule has 0 aliphatic carbocycles. The summed E-state index contributed by atoms with van der Waals surface area (Å²) < 4.78 is 11.2. The van der Waals surface area contributed by atoms with E-state index in [2.05, 4.69) is 6.07 Å². The molecule has 0 amide bonds. The third-order valence-corrected chi connectivity index (χ3v) is 2.97. The lowest BCUT2D eigenvalue weighted by Crippen LogP contribution is -2.13. The van der Waals surface area contributed by atoms with Crippen LogP contribution in [-0.4, -0.2) is 18.3 Å². The lowest BCUT2D eigenvalue weighted by atomic mass is 9.92. The molecule has 0 saturated heterocycles. The fraction of sp³-hybridized carbons (Fsp3) is 0.562. The molecule has 4 nitrogen and oxygen atoms in total. The molecular weight excluding hydrogens is 254 g/mol. The summed E-state index contributed by atoms with van der Waals surface area (Å²) in [5.74, 6) is 1.36. The van der Waals surface area contributed by atoms with Crippen molar-refractivity contribution in [3.05, 3.63) is 23.8 Å². The Hall–Kier alpha value is -1.73. The number of hydrogen-bond acceptors (Lipinski definition) is 4. The highest BCUT2D eigenvalue weighted by atomic mass is 16.5. The van der Waals surface area contributed by atoms with Gasteiger partial charge in [0.05, 0.1) is 31.3 Å². The lowest BCUT2D eigenvalue weighted by molar-refractivity contribution is 0.241. The van der Waals surface area contributed by atoms with Gasteiger partial charge in [0, 0.05) is 11.6 Å². The van der Waals surface area contributed by atoms with E-state index in [0.717, 1.165) is 17.7 Å². The molecule has 0 spiro atoms. The van der Waals surface area contributed by atoms with Gasteiger partial charge in [0.1, 0.15) is 11.5 Å². The van der Waals surface area contributed by atoms with Crippen LogP contribution in [0.25, 0.3) is 0 Å². The second-order valence-corrected chi connectivity index (χ2v) is 5.37. The molecule has 0 aliphatic heterocycles. The maximum Gasteiger partial charge on any atom is 0.128 e. The first kappa shape index (κ1) is 16.3. The highest BCUT2D eigenvalue weighted by Gasteiger charge is 2.17. The SMILES string of the molecule is CCCOc1ccc(CO)c(OCCC(C)(C)C#N)c1. The van der Waals surface area contributed by atoms with Crippen molar-refractivity contribution in [2.75, 3.05) is 13.2 Å². The van der Waals surface area contributed by atoms with E-state index in [9.17, 15) is 5.11 Å². The standard InChI is InChI=1S/C16H23NO3/c1-4-8-19-14-6-5-13(11-18)15(10-14)20-9-7-16(2,3)12-17/h5-6,10,18H,4,7-9,11H2,1-3H3. The van der Waals surface area contributed by atoms with Gasteiger partial charge in [-0.2, -0.15) is 5.26 Å². The molecule has 1 aromatic rings. The Morgan fingerprint density at radius 1 is 1.25 bits per heavy atom. The van der Waals surface area contributed by atoms with Gasteiger partial charge in [0.25, 0.3) is 0 Å². The Morgan fingerprint density at radius 2 is 2.00 bits per heavy atom. The highest BCUT2D eigenvalue weighted by molar-refractivity contribution is 5.40. The van der Waals surface area contributed by atoms with Crippen LogP contribution >= 0.6 is 0 Å². The van der Waals surface area contributed by atoms with E-state index >= 15 is 0 Å². The fourth-order valence-corrected chi connectivity index (χ4v) is 1.58. The minimum Gasteiger partial charge on any atom is -0.493 e. The average Bonchev–Trinajstić information content (AvgIpc) is 2.45. The predicted molar refractivity (Wildman–Crippen MR) is 77.7 cm³/mol. The number of aliphatic hydroxyl groups is 1. The van der Waals surface area contributed by atoms with Gasteiger partial charge >= 0.3 is 0 Å². The maximum atomic E-state index is 9.32. The molecule has 0 aromatic heterocycles. The first-order valence-corrected chi connectivity index (χ1v) is 6.93. The third kappa shape index (κ3) is 5.10. The zero-order valence-electron chi connectivity index (χ0n) is 12.5. The number of hydrogen-bond donors (Lipinski definition) is 1. The summed E-state index contributed by atoms with van der Waals surface area (Å²) in [7, 11) is 0. The number of nitriles is 1. The molecule has 1 N–H and O–H groups in total. The normalized spacial score (nSPS) is 10.9. The van der Waals surface area contributed by atoms with E-state index in [1.54, 1.807) is 12.1 Å². The molecule has 0 atom stereocenters. The van der Waals surface area contributed by atoms with E-state index in [-0.39, 0.29) is 6.61 Å². The van der Waals surface area contributed by atoms with Gasteiger partial charge in [-0.25, -0.2) is 0 Å². The lowest BCUT2D eigenvalue weighted by Gasteiger charge is -2.17. The molecule has 20 heavy (non-hydrogen) atoms. The van der Waals surface area contributed by atoms with Gasteiger partial charge in [0.2, 0.25) is 0 Å². The van der Waals surface area contributed by atoms with Crippen molar-refractivity contribution >= 4 is 0 Å². The van der Waals surface area contributed by atoms with Gasteiger partial charge < -0.3 is 14.6 Å². The first-order chi connectivity index (χ1) is 9.52. The largest absolute Gasteiger partial charge is 0.493 e. The number of ether oxygens (including phenoxy) is 2. The van der Waals surface area contributed by atoms with Crippen LogP contribution in [0.2, 0.25) is 0 Å². The molecule has 1 rings (SSSR count). The summed E-state index contributed by atoms with van der Waals surface area (Å²) in [5.41, 5.74) is 0.319. The third-order valence-electron chi connectivity index (χ3n) is 2.97. The average molecular weight is 277 g/mol. The van der Waals surface area contributed by atoms with Crippen LogP contribution in [0.3, 0.4) is 0 Å². The summed E-state index contributed by atoms with van der Waals surface area (Å²) in [6.07, 6.45) is 1.57. The van der Waals surface area contributed by atoms with Gasteiger partial charge in [-0.1, -0.05) is 6.92 Å². The summed E-state index contributed by atoms with van der Waals surface area (Å²) in [4.78, 5) is 0. The summed E-state index contributed by atoms with van der Waals surface area (Å²) in [5, 5.41) is 18.3. The molecule has 0 aliphatic rings. The van der Waals surface area contributed by atoms with Crippen LogP contribution in [0, 0.1) is 16.7 Å². The van der Waals surface area contributed by atoms with Crippen molar-refractivity contribution in [1.29, 1.82) is 5.26 Å². The predicted octanol–water partition coefficient (Wildman–Crippen LogP) is 3.29. The Labute approximate surface area is 120 Å². The molecule has 0 saturated carbocycles. The molecule has 1 aromatic carbocycles. The van der Waals surface area contributed by atoms with Crippen LogP contribution in [0.5, 0.6) is 11.5 Å². The fourth-order valence-electron chi connectivity index (χ4n) is 1.58. The number of rotatable bonds is 8. The van der Waals surface area contributed by atoms with Crippen molar-refractivity contribution in [3.8, 4) is 17.6 Å². The highest BCUT2D eigenvalue weighted by Crippen LogP contribution is 2.26. The Morgan fingerprint density at radius 3 is 2.60 bits per heavy atom. The van der Waals surface area contributed by atoms with Crippen molar-refractivity contribution < 1.29 is 14.6 Å². The quantitative estimate of drug-likeness (QED) is 0.792. The van der Waals surface area contributed by atoms with Crippen LogP contribution in [0.15, 0.2) is 18.2 Å². The van der Waals surface area contributed by atoms with Crippen molar-refractivity contribution in [1.82, 2.24) is 0 Å². The smallest absolute Gasteiger partial charge is 0.128 e. The number of benzene rings is 1. The second kappa shape index (κ2) is 7.76. The van der Waals surface area contributed by atoms with Crippen molar-refractivity contribution in [2.45, 2.75) is 40.2 Å². The van der Waals surface area contributed by atoms with Crippen LogP contribution in [-0.2, 0) is 6.61 Å². The second-order valence-electron chi connectivity index (χ2n) is 5.37. The molecule has 0 heterocycles. The molecule has 110 valence electrons. The topological polar surface area (TPSA) is 62.5 Å². The van der Waals surface area contributed by atoms with Gasteiger partial charge in [-0.15, -0.1) is 0 Å². The Balaban J connectivity index is 2.69. The van der Waals surface area contributed by atoms with E-state index in [0.29, 0.717) is 25.4 Å². The van der Waals surface area contributed by atoms with Crippen molar-refractivity contribution in [2.24, 2.45) is 5.41 Å². The van der Waals surface area contributed by atoms with E-state index in [1.807, 2.05) is 26.8 Å². The first-order valence-electron chi connectivity index (χ1n) is 6.93. The van der Waals surface area contributed by atoms with Crippen LogP contribution < -0.4 is 9.47 Å². The molecular formula is C16H23NO3. The van der Waals surface area contributed by atoms with Gasteiger partial charge in [0.15, 0.2) is 0 Å². The van der Waals surface area contributed by atoms with Crippen molar-refractivity contribution in [3.63, 3.8) is 0 Å². The van der Waals surface area contributed by atoms with E-state index in [4.69, 9.17) is 14.7 Å². The van der Waals surface area contributed by atoms with Crippen LogP contribution in [0.4, 0.5) is 0 Å². The number of nitrogens with zero attached hydrogens (tertiary/aromatic N) is 1. The summed E-state index contributed by atoms with van der Waals surface area (Å²) >= 11 is 0. The Bertz CT molecular complexity index is 463. The van der Waals surface area contributed by atoms with Gasteiger partial charge in [-0.3, -0.25) is 0 Å². The monoisotopic (exact) mass is 277 g/mol. The minimum atomic E-state index is -0.407. The van der Waals surface area contributed by atoms with E-state index in [1.165, 1.54) is 0 Å². The van der Waals surface area contributed by atoms with E-state index < -0.39 is 5.41 Å². The zero-order chi connectivity index (χ0) is 15.0. The number of aliphatic hydroxyl groups excluding tert-OH is 1. The molecule has 0 bridgehead atoms. The zero-order valence-corrected chi connectivity index (χ0v) is 12.5. The molecule has 0 fully saturated rings.